The van der Waals surface area contributed by atoms with E-state index in [1.807, 2.05) is 24.4 Å². The highest BCUT2D eigenvalue weighted by molar-refractivity contribution is 7.15. The van der Waals surface area contributed by atoms with Crippen LogP contribution in [0.4, 0.5) is 4.79 Å². The number of amides is 1. The van der Waals surface area contributed by atoms with Crippen LogP contribution in [0.3, 0.4) is 0 Å². The zero-order valence-electron chi connectivity index (χ0n) is 10.0. The number of nitrogens with one attached hydrogen (secondary N) is 1. The van der Waals surface area contributed by atoms with E-state index in [-0.39, 0.29) is 0 Å². The molecule has 18 heavy (non-hydrogen) atoms. The van der Waals surface area contributed by atoms with E-state index in [2.05, 4.69) is 17.2 Å². The molecule has 94 valence electrons. The Bertz CT molecular complexity index is 551. The molecule has 2 aromatic rings. The molecule has 2 aromatic heterocycles. The Morgan fingerprint density at radius 1 is 1.44 bits per heavy atom. The predicted octanol–water partition coefficient (Wildman–Crippen LogP) is 3.14. The lowest BCUT2D eigenvalue weighted by Gasteiger charge is -2.03. The molecule has 0 aliphatic heterocycles. The number of hydrogen-bond acceptors (Lipinski definition) is 3. The van der Waals surface area contributed by atoms with Gasteiger partial charge in [-0.25, -0.2) is 4.79 Å². The van der Waals surface area contributed by atoms with Crippen molar-refractivity contribution in [1.29, 1.82) is 0 Å². The minimum Gasteiger partial charge on any atom is -0.465 e. The quantitative estimate of drug-likeness (QED) is 0.889. The molecule has 0 spiro atoms. The molecule has 0 bridgehead atoms. The zero-order chi connectivity index (χ0) is 13.0. The van der Waals surface area contributed by atoms with Crippen molar-refractivity contribution < 1.29 is 9.90 Å². The second-order valence-corrected chi connectivity index (χ2v) is 4.98. The molecule has 0 fully saturated rings. The predicted molar refractivity (Wildman–Crippen MR) is 71.8 cm³/mol. The van der Waals surface area contributed by atoms with Crippen LogP contribution in [0.5, 0.6) is 0 Å². The van der Waals surface area contributed by atoms with Crippen molar-refractivity contribution in [2.75, 3.05) is 0 Å². The van der Waals surface area contributed by atoms with E-state index in [4.69, 9.17) is 5.11 Å². The van der Waals surface area contributed by atoms with E-state index in [0.717, 1.165) is 21.7 Å². The SMILES string of the molecule is CCc1ccncc1-c1ccc(CNC(=O)O)s1. The first-order valence-electron chi connectivity index (χ1n) is 5.69. The molecule has 0 aromatic carbocycles. The molecule has 2 heterocycles. The van der Waals surface area contributed by atoms with E-state index in [0.29, 0.717) is 6.54 Å². The summed E-state index contributed by atoms with van der Waals surface area (Å²) < 4.78 is 0. The molecule has 0 aliphatic rings. The van der Waals surface area contributed by atoms with Gasteiger partial charge in [0, 0.05) is 27.7 Å². The van der Waals surface area contributed by atoms with Crippen LogP contribution in [-0.4, -0.2) is 16.2 Å². The van der Waals surface area contributed by atoms with Gasteiger partial charge in [-0.05, 0) is 30.2 Å². The summed E-state index contributed by atoms with van der Waals surface area (Å²) in [4.78, 5) is 16.7. The van der Waals surface area contributed by atoms with Gasteiger partial charge >= 0.3 is 6.09 Å². The summed E-state index contributed by atoms with van der Waals surface area (Å²) in [6.07, 6.45) is 3.61. The van der Waals surface area contributed by atoms with Crippen LogP contribution >= 0.6 is 11.3 Å². The maximum absolute atomic E-state index is 10.4. The second-order valence-electron chi connectivity index (χ2n) is 3.81. The van der Waals surface area contributed by atoms with Gasteiger partial charge in [0.2, 0.25) is 0 Å². The average molecular weight is 262 g/mol. The number of carbonyl (C=O) groups is 1. The van der Waals surface area contributed by atoms with Gasteiger partial charge < -0.3 is 10.4 Å². The fourth-order valence-corrected chi connectivity index (χ4v) is 2.73. The maximum Gasteiger partial charge on any atom is 0.404 e. The normalized spacial score (nSPS) is 10.3. The Morgan fingerprint density at radius 3 is 3.00 bits per heavy atom. The van der Waals surface area contributed by atoms with Crippen LogP contribution in [0.15, 0.2) is 30.6 Å². The van der Waals surface area contributed by atoms with Crippen LogP contribution in [0.2, 0.25) is 0 Å². The molecule has 0 unspecified atom stereocenters. The fraction of sp³-hybridized carbons (Fsp3) is 0.231. The van der Waals surface area contributed by atoms with Crippen LogP contribution in [0.1, 0.15) is 17.4 Å². The van der Waals surface area contributed by atoms with E-state index in [9.17, 15) is 4.79 Å². The van der Waals surface area contributed by atoms with Gasteiger partial charge in [-0.15, -0.1) is 11.3 Å². The number of thiophene rings is 1. The molecule has 0 saturated carbocycles. The first kappa shape index (κ1) is 12.6. The summed E-state index contributed by atoms with van der Waals surface area (Å²) in [5.74, 6) is 0. The van der Waals surface area contributed by atoms with Gasteiger partial charge in [-0.2, -0.15) is 0 Å². The largest absolute Gasteiger partial charge is 0.465 e. The summed E-state index contributed by atoms with van der Waals surface area (Å²) in [7, 11) is 0. The van der Waals surface area contributed by atoms with Crippen LogP contribution < -0.4 is 5.32 Å². The Hall–Kier alpha value is -1.88. The molecule has 0 radical (unpaired) electrons. The number of hydrogen-bond donors (Lipinski definition) is 2. The molecule has 0 saturated heterocycles. The smallest absolute Gasteiger partial charge is 0.404 e. The lowest BCUT2D eigenvalue weighted by Crippen LogP contribution is -2.19. The summed E-state index contributed by atoms with van der Waals surface area (Å²) in [6, 6.07) is 5.98. The highest BCUT2D eigenvalue weighted by atomic mass is 32.1. The van der Waals surface area contributed by atoms with Crippen LogP contribution in [-0.2, 0) is 13.0 Å². The summed E-state index contributed by atoms with van der Waals surface area (Å²) in [6.45, 7) is 2.46. The van der Waals surface area contributed by atoms with Crippen LogP contribution in [0, 0.1) is 0 Å². The number of aromatic nitrogens is 1. The molecular formula is C13H14N2O2S. The Balaban J connectivity index is 2.21. The van der Waals surface area contributed by atoms with Gasteiger partial charge in [0.05, 0.1) is 6.54 Å². The van der Waals surface area contributed by atoms with Gasteiger partial charge in [-0.1, -0.05) is 6.92 Å². The van der Waals surface area contributed by atoms with Gasteiger partial charge in [-0.3, -0.25) is 4.98 Å². The van der Waals surface area contributed by atoms with Crippen molar-refractivity contribution in [3.63, 3.8) is 0 Å². The van der Waals surface area contributed by atoms with Crippen molar-refractivity contribution in [2.24, 2.45) is 0 Å². The Kier molecular flexibility index (Phi) is 3.94. The highest BCUT2D eigenvalue weighted by Crippen LogP contribution is 2.30. The number of nitrogens with zero attached hydrogens (tertiary/aromatic N) is 1. The molecule has 5 heteroatoms. The zero-order valence-corrected chi connectivity index (χ0v) is 10.8. The lowest BCUT2D eigenvalue weighted by molar-refractivity contribution is 0.194. The first-order chi connectivity index (χ1) is 8.70. The summed E-state index contributed by atoms with van der Waals surface area (Å²) in [5, 5.41) is 10.9. The Labute approximate surface area is 109 Å². The molecule has 2 N–H and O–H groups in total. The third kappa shape index (κ3) is 2.87. The topological polar surface area (TPSA) is 62.2 Å². The van der Waals surface area contributed by atoms with Gasteiger partial charge in [0.1, 0.15) is 0 Å². The molecule has 0 atom stereocenters. The van der Waals surface area contributed by atoms with E-state index in [1.165, 1.54) is 5.56 Å². The summed E-state index contributed by atoms with van der Waals surface area (Å²) in [5.41, 5.74) is 2.39. The van der Waals surface area contributed by atoms with E-state index in [1.54, 1.807) is 17.5 Å². The van der Waals surface area contributed by atoms with E-state index >= 15 is 0 Å². The number of aryl methyl sites for hydroxylation is 1. The minimum atomic E-state index is -0.999. The van der Waals surface area contributed by atoms with Crippen molar-refractivity contribution in [2.45, 2.75) is 19.9 Å². The van der Waals surface area contributed by atoms with Crippen molar-refractivity contribution in [1.82, 2.24) is 10.3 Å². The van der Waals surface area contributed by atoms with Crippen LogP contribution in [0.25, 0.3) is 10.4 Å². The molecular weight excluding hydrogens is 248 g/mol. The van der Waals surface area contributed by atoms with Crippen molar-refractivity contribution in [3.8, 4) is 10.4 Å². The van der Waals surface area contributed by atoms with Crippen molar-refractivity contribution in [3.05, 3.63) is 41.0 Å². The third-order valence-electron chi connectivity index (χ3n) is 2.63. The molecule has 1 amide bonds. The fourth-order valence-electron chi connectivity index (χ4n) is 1.73. The highest BCUT2D eigenvalue weighted by Gasteiger charge is 2.07. The molecule has 2 rings (SSSR count). The van der Waals surface area contributed by atoms with Crippen molar-refractivity contribution >= 4 is 17.4 Å². The maximum atomic E-state index is 10.4. The average Bonchev–Trinajstić information content (AvgIpc) is 2.85. The molecule has 4 nitrogen and oxygen atoms in total. The lowest BCUT2D eigenvalue weighted by atomic mass is 10.1. The number of carboxylic acid groups (broad SMARTS) is 1. The van der Waals surface area contributed by atoms with E-state index < -0.39 is 6.09 Å². The molecule has 0 aliphatic carbocycles. The van der Waals surface area contributed by atoms with Gasteiger partial charge in [0.25, 0.3) is 0 Å². The monoisotopic (exact) mass is 262 g/mol. The minimum absolute atomic E-state index is 0.349. The third-order valence-corrected chi connectivity index (χ3v) is 3.75. The number of rotatable bonds is 4. The van der Waals surface area contributed by atoms with Gasteiger partial charge in [0.15, 0.2) is 0 Å². The number of pyridine rings is 1. The summed E-state index contributed by atoms with van der Waals surface area (Å²) >= 11 is 1.59. The standard InChI is InChI=1S/C13H14N2O2S/c1-2-9-5-6-14-8-11(9)12-4-3-10(18-12)7-15-13(16)17/h3-6,8,15H,2,7H2,1H3,(H,16,17). The first-order valence-corrected chi connectivity index (χ1v) is 6.51. The second kappa shape index (κ2) is 5.64. The Morgan fingerprint density at radius 2 is 2.28 bits per heavy atom.